The summed E-state index contributed by atoms with van der Waals surface area (Å²) in [5.41, 5.74) is -0.498. The minimum atomic E-state index is -1.40. The lowest BCUT2D eigenvalue weighted by Crippen LogP contribution is -2.39. The van der Waals surface area contributed by atoms with Gasteiger partial charge in [0.2, 0.25) is 0 Å². The molecular formula is C11H17NO5. The second-order valence-electron chi connectivity index (χ2n) is 4.89. The van der Waals surface area contributed by atoms with Crippen LogP contribution in [0.4, 0.5) is 9.59 Å². The maximum atomic E-state index is 11.7. The third-order valence-corrected chi connectivity index (χ3v) is 2.12. The molecule has 0 heterocycles. The molecular weight excluding hydrogens is 226 g/mol. The number of aliphatic hydroxyl groups is 1. The highest BCUT2D eigenvalue weighted by Crippen LogP contribution is 2.24. The molecule has 0 aromatic heterocycles. The van der Waals surface area contributed by atoms with E-state index < -0.39 is 23.9 Å². The van der Waals surface area contributed by atoms with Gasteiger partial charge >= 0.3 is 12.2 Å². The molecule has 2 amide bonds. The number of hydrogen-bond acceptors (Lipinski definition) is 4. The molecule has 0 bridgehead atoms. The fraction of sp³-hybridized carbons (Fsp3) is 0.636. The Morgan fingerprint density at radius 2 is 2.06 bits per heavy atom. The van der Waals surface area contributed by atoms with Crippen molar-refractivity contribution in [3.05, 3.63) is 11.8 Å². The van der Waals surface area contributed by atoms with Crippen LogP contribution in [0.15, 0.2) is 11.8 Å². The minimum absolute atomic E-state index is 0.144. The van der Waals surface area contributed by atoms with Gasteiger partial charge in [-0.25, -0.2) is 9.59 Å². The average molecular weight is 243 g/mol. The first kappa shape index (κ1) is 13.5. The molecule has 0 aliphatic heterocycles. The molecule has 0 aromatic rings. The van der Waals surface area contributed by atoms with E-state index in [0.717, 1.165) is 0 Å². The molecule has 1 aliphatic rings. The molecule has 2 N–H and O–H groups in total. The number of hydrogen-bond donors (Lipinski definition) is 2. The Kier molecular flexibility index (Phi) is 3.77. The number of carboxylic acid groups (broad SMARTS) is 1. The van der Waals surface area contributed by atoms with Crippen LogP contribution in [0.3, 0.4) is 0 Å². The number of rotatable bonds is 1. The van der Waals surface area contributed by atoms with E-state index >= 15 is 0 Å². The lowest BCUT2D eigenvalue weighted by atomic mass is 10.2. The van der Waals surface area contributed by atoms with Gasteiger partial charge in [-0.1, -0.05) is 6.08 Å². The third-order valence-electron chi connectivity index (χ3n) is 2.12. The molecule has 1 unspecified atom stereocenters. The van der Waals surface area contributed by atoms with Gasteiger partial charge in [0.05, 0.1) is 6.10 Å². The zero-order valence-corrected chi connectivity index (χ0v) is 10.1. The Hall–Kier alpha value is -1.56. The van der Waals surface area contributed by atoms with Crippen LogP contribution in [-0.2, 0) is 4.74 Å². The molecule has 0 fully saturated rings. The summed E-state index contributed by atoms with van der Waals surface area (Å²) in [5.74, 6) is 0. The first-order valence-corrected chi connectivity index (χ1v) is 5.34. The molecule has 17 heavy (non-hydrogen) atoms. The van der Waals surface area contributed by atoms with Crippen molar-refractivity contribution in [2.45, 2.75) is 45.3 Å². The largest absolute Gasteiger partial charge is 0.464 e. The van der Waals surface area contributed by atoms with Gasteiger partial charge in [-0.05, 0) is 27.2 Å². The van der Waals surface area contributed by atoms with E-state index in [-0.39, 0.29) is 12.1 Å². The van der Waals surface area contributed by atoms with Gasteiger partial charge < -0.3 is 14.9 Å². The number of carbonyl (C=O) groups is 2. The van der Waals surface area contributed by atoms with Crippen LogP contribution in [0.5, 0.6) is 0 Å². The van der Waals surface area contributed by atoms with Gasteiger partial charge in [-0.3, -0.25) is 0 Å². The van der Waals surface area contributed by atoms with Gasteiger partial charge in [0.25, 0.3) is 0 Å². The Bertz CT molecular complexity index is 355. The van der Waals surface area contributed by atoms with Crippen molar-refractivity contribution in [1.29, 1.82) is 0 Å². The summed E-state index contributed by atoms with van der Waals surface area (Å²) in [4.78, 5) is 23.3. The predicted molar refractivity (Wildman–Crippen MR) is 59.4 cm³/mol. The van der Waals surface area contributed by atoms with Crippen LogP contribution < -0.4 is 0 Å². The van der Waals surface area contributed by atoms with Crippen LogP contribution in [0.2, 0.25) is 0 Å². The van der Waals surface area contributed by atoms with Gasteiger partial charge in [-0.2, -0.15) is 4.90 Å². The highest BCUT2D eigenvalue weighted by Gasteiger charge is 2.32. The van der Waals surface area contributed by atoms with Crippen molar-refractivity contribution in [2.75, 3.05) is 0 Å². The second kappa shape index (κ2) is 4.75. The van der Waals surface area contributed by atoms with Gasteiger partial charge in [-0.15, -0.1) is 0 Å². The van der Waals surface area contributed by atoms with Crippen molar-refractivity contribution in [3.8, 4) is 0 Å². The second-order valence-corrected chi connectivity index (χ2v) is 4.89. The Labute approximate surface area is 99.5 Å². The zero-order valence-electron chi connectivity index (χ0n) is 10.1. The summed E-state index contributed by atoms with van der Waals surface area (Å²) in [5, 5.41) is 18.3. The molecule has 6 nitrogen and oxygen atoms in total. The van der Waals surface area contributed by atoms with E-state index in [2.05, 4.69) is 0 Å². The van der Waals surface area contributed by atoms with Gasteiger partial charge in [0.1, 0.15) is 5.60 Å². The van der Waals surface area contributed by atoms with Crippen molar-refractivity contribution in [3.63, 3.8) is 0 Å². The van der Waals surface area contributed by atoms with Gasteiger partial charge in [0, 0.05) is 12.1 Å². The monoisotopic (exact) mass is 243 g/mol. The van der Waals surface area contributed by atoms with Crippen molar-refractivity contribution in [2.24, 2.45) is 0 Å². The average Bonchev–Trinajstić information content (AvgIpc) is 2.47. The summed E-state index contributed by atoms with van der Waals surface area (Å²) in [6, 6.07) is 0. The zero-order chi connectivity index (χ0) is 13.2. The van der Waals surface area contributed by atoms with E-state index in [0.29, 0.717) is 11.3 Å². The third kappa shape index (κ3) is 3.74. The molecule has 1 aliphatic carbocycles. The molecule has 0 spiro atoms. The Morgan fingerprint density at radius 1 is 1.47 bits per heavy atom. The van der Waals surface area contributed by atoms with E-state index in [4.69, 9.17) is 9.84 Å². The summed E-state index contributed by atoms with van der Waals surface area (Å²) >= 11 is 0. The summed E-state index contributed by atoms with van der Waals surface area (Å²) < 4.78 is 4.99. The number of imide groups is 1. The van der Waals surface area contributed by atoms with E-state index in [9.17, 15) is 14.7 Å². The first-order valence-electron chi connectivity index (χ1n) is 5.34. The van der Waals surface area contributed by atoms with E-state index in [1.165, 1.54) is 6.08 Å². The number of aliphatic hydroxyl groups excluding tert-OH is 1. The van der Waals surface area contributed by atoms with Crippen LogP contribution >= 0.6 is 0 Å². The van der Waals surface area contributed by atoms with E-state index in [1.807, 2.05) is 0 Å². The Morgan fingerprint density at radius 3 is 2.41 bits per heavy atom. The minimum Gasteiger partial charge on any atom is -0.464 e. The van der Waals surface area contributed by atoms with E-state index in [1.54, 1.807) is 20.8 Å². The van der Waals surface area contributed by atoms with Crippen LogP contribution in [-0.4, -0.2) is 39.0 Å². The number of nitrogens with zero attached hydrogens (tertiary/aromatic N) is 1. The quantitative estimate of drug-likeness (QED) is 0.734. The first-order chi connectivity index (χ1) is 7.70. The molecule has 0 radical (unpaired) electrons. The predicted octanol–water partition coefficient (Wildman–Crippen LogP) is 1.94. The summed E-state index contributed by atoms with van der Waals surface area (Å²) in [6.07, 6.45) is -0.949. The fourth-order valence-electron chi connectivity index (χ4n) is 1.49. The standard InChI is InChI=1S/C11H17NO5/c1-11(2,3)17-10(16)12(9(14)15)7-4-5-8(13)6-7/h4,8,13H,5-6H2,1-3H3,(H,14,15). The normalized spacial score (nSPS) is 19.8. The van der Waals surface area contributed by atoms with Crippen LogP contribution in [0.25, 0.3) is 0 Å². The maximum absolute atomic E-state index is 11.7. The number of ether oxygens (including phenoxy) is 1. The molecule has 1 rings (SSSR count). The molecule has 0 saturated carbocycles. The van der Waals surface area contributed by atoms with Crippen molar-refractivity contribution >= 4 is 12.2 Å². The lowest BCUT2D eigenvalue weighted by Gasteiger charge is -2.25. The van der Waals surface area contributed by atoms with Crippen LogP contribution in [0.1, 0.15) is 33.6 Å². The Balaban J connectivity index is 2.80. The molecule has 1 atom stereocenters. The SMILES string of the molecule is CC(C)(C)OC(=O)N(C(=O)O)C1=CCC(O)C1. The van der Waals surface area contributed by atoms with Crippen molar-refractivity contribution < 1.29 is 24.5 Å². The molecule has 6 heteroatoms. The smallest absolute Gasteiger partial charge is 0.424 e. The topological polar surface area (TPSA) is 87.1 Å². The maximum Gasteiger partial charge on any atom is 0.424 e. The summed E-state index contributed by atoms with van der Waals surface area (Å²) in [6.45, 7) is 4.97. The van der Waals surface area contributed by atoms with Crippen molar-refractivity contribution in [1.82, 2.24) is 4.90 Å². The highest BCUT2D eigenvalue weighted by atomic mass is 16.6. The fourth-order valence-corrected chi connectivity index (χ4v) is 1.49. The lowest BCUT2D eigenvalue weighted by molar-refractivity contribution is 0.0318. The highest BCUT2D eigenvalue weighted by molar-refractivity contribution is 5.89. The van der Waals surface area contributed by atoms with Gasteiger partial charge in [0.15, 0.2) is 0 Å². The van der Waals surface area contributed by atoms with Crippen LogP contribution in [0, 0.1) is 0 Å². The molecule has 0 saturated heterocycles. The number of amides is 2. The molecule has 0 aromatic carbocycles. The summed E-state index contributed by atoms with van der Waals surface area (Å²) in [7, 11) is 0. The molecule has 96 valence electrons. The number of carbonyl (C=O) groups excluding carboxylic acids is 1.